The van der Waals surface area contributed by atoms with Crippen LogP contribution in [0.5, 0.6) is 0 Å². The van der Waals surface area contributed by atoms with E-state index in [0.717, 1.165) is 0 Å². The third-order valence-corrected chi connectivity index (χ3v) is 3.65. The Kier molecular flexibility index (Phi) is 2.62. The van der Waals surface area contributed by atoms with Gasteiger partial charge in [-0.1, -0.05) is 22.6 Å². The Morgan fingerprint density at radius 3 is 2.80 bits per heavy atom. The lowest BCUT2D eigenvalue weighted by molar-refractivity contribution is 0.0815. The van der Waals surface area contributed by atoms with Gasteiger partial charge in [0.15, 0.2) is 0 Å². The van der Waals surface area contributed by atoms with Crippen LogP contribution in [0.1, 0.15) is 0 Å². The first-order valence-corrected chi connectivity index (χ1v) is 4.64. The van der Waals surface area contributed by atoms with E-state index in [-0.39, 0.29) is 4.05 Å². The Morgan fingerprint density at radius 1 is 1.90 bits per heavy atom. The minimum absolute atomic E-state index is 0.0765. The molecule has 1 aliphatic heterocycles. The summed E-state index contributed by atoms with van der Waals surface area (Å²) in [5.41, 5.74) is 0. The number of alkyl halides is 2. The highest BCUT2D eigenvalue weighted by Crippen LogP contribution is 2.30. The third kappa shape index (κ3) is 1.32. The molecule has 0 saturated carbocycles. The molecular formula is C5H7ClINO2. The lowest BCUT2D eigenvalue weighted by Gasteiger charge is -2.41. The smallest absolute Gasteiger partial charge is 0.408 e. The molecule has 0 radical (unpaired) electrons. The van der Waals surface area contributed by atoms with Gasteiger partial charge in [-0.15, -0.1) is 11.6 Å². The number of hydrogen-bond donors (Lipinski definition) is 1. The highest BCUT2D eigenvalue weighted by atomic mass is 127. The fraction of sp³-hybridized carbons (Fsp3) is 0.800. The Labute approximate surface area is 77.5 Å². The van der Waals surface area contributed by atoms with Crippen LogP contribution in [0.4, 0.5) is 4.79 Å². The Hall–Kier alpha value is 0.290. The third-order valence-electron chi connectivity index (χ3n) is 1.56. The molecule has 1 amide bonds. The van der Waals surface area contributed by atoms with Crippen molar-refractivity contribution in [2.75, 3.05) is 12.4 Å². The fourth-order valence-corrected chi connectivity index (χ4v) is 2.38. The molecule has 3 nitrogen and oxygen atoms in total. The first-order chi connectivity index (χ1) is 4.66. The highest BCUT2D eigenvalue weighted by Gasteiger charge is 2.39. The minimum atomic E-state index is -0.847. The molecule has 0 aromatic rings. The molecular weight excluding hydrogens is 268 g/mol. The monoisotopic (exact) mass is 275 g/mol. The first kappa shape index (κ1) is 8.39. The zero-order chi connectivity index (χ0) is 7.72. The van der Waals surface area contributed by atoms with Gasteiger partial charge in [0, 0.05) is 18.3 Å². The molecule has 10 heavy (non-hydrogen) atoms. The Morgan fingerprint density at radius 2 is 2.50 bits per heavy atom. The van der Waals surface area contributed by atoms with Gasteiger partial charge in [0.2, 0.25) is 0 Å². The van der Waals surface area contributed by atoms with Crippen molar-refractivity contribution < 1.29 is 9.90 Å². The molecule has 1 rings (SSSR count). The SMILES string of the molecule is O=C(O)N1CC(CCl)C1I. The van der Waals surface area contributed by atoms with Crippen LogP contribution in [-0.4, -0.2) is 32.6 Å². The first-order valence-electron chi connectivity index (χ1n) is 2.86. The van der Waals surface area contributed by atoms with Gasteiger partial charge >= 0.3 is 6.09 Å². The number of halogens is 2. The Bertz CT molecular complexity index is 155. The van der Waals surface area contributed by atoms with Crippen LogP contribution in [-0.2, 0) is 0 Å². The summed E-state index contributed by atoms with van der Waals surface area (Å²) in [7, 11) is 0. The standard InChI is InChI=1S/C5H7ClINO2/c6-1-3-2-8(4(3)7)5(9)10/h3-4H,1-2H2,(H,9,10). The molecule has 0 spiro atoms. The van der Waals surface area contributed by atoms with Gasteiger partial charge in [-0.25, -0.2) is 4.79 Å². The van der Waals surface area contributed by atoms with E-state index in [4.69, 9.17) is 16.7 Å². The molecule has 0 bridgehead atoms. The van der Waals surface area contributed by atoms with Crippen molar-refractivity contribution in [1.29, 1.82) is 0 Å². The molecule has 58 valence electrons. The fourth-order valence-electron chi connectivity index (χ4n) is 0.863. The van der Waals surface area contributed by atoms with Crippen LogP contribution in [0.2, 0.25) is 0 Å². The molecule has 2 atom stereocenters. The van der Waals surface area contributed by atoms with Gasteiger partial charge in [-0.05, 0) is 0 Å². The molecule has 0 aliphatic carbocycles. The molecule has 0 aromatic heterocycles. The predicted octanol–water partition coefficient (Wildman–Crippen LogP) is 1.60. The van der Waals surface area contributed by atoms with E-state index in [0.29, 0.717) is 18.3 Å². The van der Waals surface area contributed by atoms with Crippen LogP contribution in [0.25, 0.3) is 0 Å². The zero-order valence-electron chi connectivity index (χ0n) is 5.13. The van der Waals surface area contributed by atoms with Gasteiger partial charge in [-0.3, -0.25) is 4.90 Å². The molecule has 1 saturated heterocycles. The van der Waals surface area contributed by atoms with E-state index in [2.05, 4.69) is 22.6 Å². The average Bonchev–Trinajstić information content (AvgIpc) is 1.85. The number of amides is 1. The normalized spacial score (nSPS) is 31.6. The molecule has 1 N–H and O–H groups in total. The van der Waals surface area contributed by atoms with Gasteiger partial charge in [0.25, 0.3) is 0 Å². The van der Waals surface area contributed by atoms with Crippen molar-refractivity contribution >= 4 is 40.3 Å². The molecule has 0 aromatic carbocycles. The van der Waals surface area contributed by atoms with Crippen LogP contribution in [0.3, 0.4) is 0 Å². The lowest BCUT2D eigenvalue weighted by Crippen LogP contribution is -2.55. The van der Waals surface area contributed by atoms with Crippen molar-refractivity contribution in [2.24, 2.45) is 5.92 Å². The predicted molar refractivity (Wildman–Crippen MR) is 46.7 cm³/mol. The highest BCUT2D eigenvalue weighted by molar-refractivity contribution is 14.1. The summed E-state index contributed by atoms with van der Waals surface area (Å²) in [6.45, 7) is 0.590. The van der Waals surface area contributed by atoms with Crippen molar-refractivity contribution in [1.82, 2.24) is 4.90 Å². The number of rotatable bonds is 1. The number of carbonyl (C=O) groups is 1. The maximum Gasteiger partial charge on any atom is 0.408 e. The minimum Gasteiger partial charge on any atom is -0.465 e. The summed E-state index contributed by atoms with van der Waals surface area (Å²) in [5, 5.41) is 8.49. The zero-order valence-corrected chi connectivity index (χ0v) is 8.04. The van der Waals surface area contributed by atoms with E-state index in [1.807, 2.05) is 0 Å². The quantitative estimate of drug-likeness (QED) is 0.448. The summed E-state index contributed by atoms with van der Waals surface area (Å²) in [5.74, 6) is 0.899. The van der Waals surface area contributed by atoms with Crippen LogP contribution in [0.15, 0.2) is 0 Å². The van der Waals surface area contributed by atoms with Gasteiger partial charge < -0.3 is 5.11 Å². The van der Waals surface area contributed by atoms with Crippen molar-refractivity contribution in [3.63, 3.8) is 0 Å². The van der Waals surface area contributed by atoms with Crippen molar-refractivity contribution in [3.05, 3.63) is 0 Å². The van der Waals surface area contributed by atoms with Gasteiger partial charge in [0.1, 0.15) is 0 Å². The number of carboxylic acid groups (broad SMARTS) is 1. The van der Waals surface area contributed by atoms with Gasteiger partial charge in [-0.2, -0.15) is 0 Å². The largest absolute Gasteiger partial charge is 0.465 e. The van der Waals surface area contributed by atoms with Gasteiger partial charge in [0.05, 0.1) is 4.05 Å². The summed E-state index contributed by atoms with van der Waals surface area (Å²) in [6, 6.07) is 0. The summed E-state index contributed by atoms with van der Waals surface area (Å²) in [6.07, 6.45) is -0.847. The summed E-state index contributed by atoms with van der Waals surface area (Å²) in [4.78, 5) is 11.7. The number of nitrogens with zero attached hydrogens (tertiary/aromatic N) is 1. The summed E-state index contributed by atoms with van der Waals surface area (Å²) >= 11 is 7.64. The average molecular weight is 275 g/mol. The van der Waals surface area contributed by atoms with Crippen molar-refractivity contribution in [2.45, 2.75) is 4.05 Å². The van der Waals surface area contributed by atoms with E-state index in [1.165, 1.54) is 4.90 Å². The molecule has 5 heteroatoms. The maximum atomic E-state index is 10.3. The maximum absolute atomic E-state index is 10.3. The molecule has 2 unspecified atom stereocenters. The number of likely N-dealkylation sites (tertiary alicyclic amines) is 1. The van der Waals surface area contributed by atoms with E-state index in [9.17, 15) is 4.79 Å². The molecule has 1 aliphatic rings. The van der Waals surface area contributed by atoms with Crippen LogP contribution < -0.4 is 0 Å². The summed E-state index contributed by atoms with van der Waals surface area (Å²) < 4.78 is 0.0765. The second-order valence-corrected chi connectivity index (χ2v) is 3.81. The molecule has 1 fully saturated rings. The van der Waals surface area contributed by atoms with Crippen molar-refractivity contribution in [3.8, 4) is 0 Å². The Balaban J connectivity index is 2.39. The van der Waals surface area contributed by atoms with Crippen LogP contribution >= 0.6 is 34.2 Å². The molecule has 1 heterocycles. The second-order valence-electron chi connectivity index (χ2n) is 2.22. The van der Waals surface area contributed by atoms with Crippen LogP contribution in [0, 0.1) is 5.92 Å². The van der Waals surface area contributed by atoms with E-state index >= 15 is 0 Å². The second kappa shape index (κ2) is 3.13. The van der Waals surface area contributed by atoms with E-state index in [1.54, 1.807) is 0 Å². The van der Waals surface area contributed by atoms with E-state index < -0.39 is 6.09 Å². The topological polar surface area (TPSA) is 40.5 Å². The number of hydrogen-bond acceptors (Lipinski definition) is 1. The lowest BCUT2D eigenvalue weighted by atomic mass is 10.0.